The van der Waals surface area contributed by atoms with Crippen LogP contribution in [0.15, 0.2) is 64.5 Å². The number of nitrogens with zero attached hydrogens (tertiary/aromatic N) is 4. The minimum absolute atomic E-state index is 0.0140. The van der Waals surface area contributed by atoms with E-state index in [-0.39, 0.29) is 53.0 Å². The van der Waals surface area contributed by atoms with Crippen LogP contribution in [0, 0.1) is 0 Å². The minimum Gasteiger partial charge on any atom is -0.462 e. The van der Waals surface area contributed by atoms with Crippen LogP contribution in [0.5, 0.6) is 0 Å². The highest BCUT2D eigenvalue weighted by Gasteiger charge is 2.20. The number of amides is 1. The first-order valence-corrected chi connectivity index (χ1v) is 10.9. The summed E-state index contributed by atoms with van der Waals surface area (Å²) >= 11 is 6.03. The van der Waals surface area contributed by atoms with Crippen LogP contribution >= 0.6 is 11.6 Å². The topological polar surface area (TPSA) is 104 Å². The first kappa shape index (κ1) is 23.3. The van der Waals surface area contributed by atoms with Crippen LogP contribution in [0.4, 0.5) is 0 Å². The van der Waals surface area contributed by atoms with Crippen molar-refractivity contribution in [1.29, 1.82) is 0 Å². The zero-order valence-electron chi connectivity index (χ0n) is 18.5. The molecule has 4 aromatic rings. The lowest BCUT2D eigenvalue weighted by Gasteiger charge is -2.15. The van der Waals surface area contributed by atoms with Gasteiger partial charge in [0.15, 0.2) is 5.49 Å². The van der Waals surface area contributed by atoms with Gasteiger partial charge < -0.3 is 14.0 Å². The molecule has 3 aromatic heterocycles. The first-order chi connectivity index (χ1) is 16.4. The molecule has 0 aliphatic rings. The smallest absolute Gasteiger partial charge is 0.341 e. The van der Waals surface area contributed by atoms with Crippen LogP contribution in [0.3, 0.4) is 0 Å². The molecule has 0 bridgehead atoms. The van der Waals surface area contributed by atoms with Crippen LogP contribution < -0.4 is 11.0 Å². The van der Waals surface area contributed by atoms with Gasteiger partial charge in [-0.25, -0.2) is 9.78 Å². The second-order valence-corrected chi connectivity index (χ2v) is 7.69. The first-order valence-electron chi connectivity index (χ1n) is 10.5. The number of pyridine rings is 2. The summed E-state index contributed by atoms with van der Waals surface area (Å²) in [7, 11) is 1.52. The molecule has 0 spiro atoms. The monoisotopic (exact) mass is 480 g/mol. The highest BCUT2D eigenvalue weighted by Crippen LogP contribution is 2.14. The average Bonchev–Trinajstić information content (AvgIpc) is 2.83. The predicted molar refractivity (Wildman–Crippen MR) is 126 cm³/mol. The van der Waals surface area contributed by atoms with E-state index in [1.807, 2.05) is 0 Å². The Hall–Kier alpha value is -3.82. The molecular weight excluding hydrogens is 460 g/mol. The third-order valence-electron chi connectivity index (χ3n) is 5.08. The number of hydrogen-bond acceptors (Lipinski definition) is 6. The molecule has 1 aromatic carbocycles. The summed E-state index contributed by atoms with van der Waals surface area (Å²) in [6, 6.07) is 12.8. The Bertz CT molecular complexity index is 1540. The minimum atomic E-state index is -0.717. The number of rotatable bonds is 6. The number of aromatic nitrogens is 3. The highest BCUT2D eigenvalue weighted by molar-refractivity contribution is 6.31. The van der Waals surface area contributed by atoms with Crippen molar-refractivity contribution in [3.8, 4) is 0 Å². The van der Waals surface area contributed by atoms with Gasteiger partial charge in [-0.05, 0) is 43.3 Å². The van der Waals surface area contributed by atoms with E-state index < -0.39 is 11.9 Å². The van der Waals surface area contributed by atoms with Crippen molar-refractivity contribution in [3.05, 3.63) is 86.7 Å². The molecule has 0 radical (unpaired) electrons. The average molecular weight is 481 g/mol. The van der Waals surface area contributed by atoms with Crippen LogP contribution in [0.1, 0.15) is 27.6 Å². The van der Waals surface area contributed by atoms with Gasteiger partial charge in [0.05, 0.1) is 18.6 Å². The van der Waals surface area contributed by atoms with Crippen molar-refractivity contribution in [2.45, 2.75) is 13.5 Å². The van der Waals surface area contributed by atoms with E-state index >= 15 is 0 Å². The van der Waals surface area contributed by atoms with E-state index in [1.54, 1.807) is 49.5 Å². The van der Waals surface area contributed by atoms with Gasteiger partial charge in [0.1, 0.15) is 16.9 Å². The molecule has 10 heteroatoms. The fourth-order valence-corrected chi connectivity index (χ4v) is 3.72. The van der Waals surface area contributed by atoms with Gasteiger partial charge in [-0.2, -0.15) is 4.99 Å². The molecule has 0 unspecified atom stereocenters. The number of methoxy groups -OCH3 is 1. The zero-order chi connectivity index (χ0) is 24.2. The second kappa shape index (κ2) is 9.98. The fraction of sp³-hybridized carbons (Fsp3) is 0.208. The number of benzene rings is 1. The summed E-state index contributed by atoms with van der Waals surface area (Å²) in [5.74, 6) is -1.33. The van der Waals surface area contributed by atoms with Gasteiger partial charge in [0.2, 0.25) is 0 Å². The predicted octanol–water partition coefficient (Wildman–Crippen LogP) is 2.87. The second-order valence-electron chi connectivity index (χ2n) is 7.26. The Morgan fingerprint density at radius 2 is 1.97 bits per heavy atom. The van der Waals surface area contributed by atoms with E-state index in [9.17, 15) is 14.4 Å². The molecule has 1 amide bonds. The zero-order valence-corrected chi connectivity index (χ0v) is 19.3. The molecule has 34 heavy (non-hydrogen) atoms. The van der Waals surface area contributed by atoms with Gasteiger partial charge >= 0.3 is 5.97 Å². The molecule has 9 nitrogen and oxygen atoms in total. The Morgan fingerprint density at radius 1 is 1.15 bits per heavy atom. The summed E-state index contributed by atoms with van der Waals surface area (Å²) in [6.45, 7) is 2.16. The van der Waals surface area contributed by atoms with E-state index in [0.29, 0.717) is 10.7 Å². The summed E-state index contributed by atoms with van der Waals surface area (Å²) in [4.78, 5) is 48.0. The maximum atomic E-state index is 13.3. The quantitative estimate of drug-likeness (QED) is 0.310. The lowest BCUT2D eigenvalue weighted by molar-refractivity contribution is 0.0523. The van der Waals surface area contributed by atoms with Crippen LogP contribution in [-0.4, -0.2) is 46.2 Å². The van der Waals surface area contributed by atoms with Crippen molar-refractivity contribution >= 4 is 40.2 Å². The largest absolute Gasteiger partial charge is 0.462 e. The number of hydrogen-bond donors (Lipinski definition) is 0. The molecule has 4 rings (SSSR count). The number of halogens is 1. The molecule has 0 fully saturated rings. The Kier molecular flexibility index (Phi) is 6.85. The molecule has 0 saturated heterocycles. The molecule has 3 heterocycles. The van der Waals surface area contributed by atoms with Gasteiger partial charge in [-0.1, -0.05) is 23.7 Å². The summed E-state index contributed by atoms with van der Waals surface area (Å²) < 4.78 is 13.3. The Labute approximate surface area is 198 Å². The third kappa shape index (κ3) is 4.48. The SMILES string of the molecule is CCOC(=O)c1cc2c(=O)n3ccccc3nc2n(CCOC)c1=NC(=O)c1cccc(Cl)c1. The van der Waals surface area contributed by atoms with Crippen molar-refractivity contribution in [2.24, 2.45) is 4.99 Å². The molecular formula is C24H21ClN4O5. The van der Waals surface area contributed by atoms with Crippen LogP contribution in [-0.2, 0) is 16.0 Å². The number of fused-ring (bicyclic) bond motifs is 2. The summed E-state index contributed by atoms with van der Waals surface area (Å²) in [5, 5.41) is 0.551. The number of carbonyl (C=O) groups excluding carboxylic acids is 2. The van der Waals surface area contributed by atoms with Crippen LogP contribution in [0.25, 0.3) is 16.7 Å². The lowest BCUT2D eigenvalue weighted by Crippen LogP contribution is -2.33. The summed E-state index contributed by atoms with van der Waals surface area (Å²) in [6.07, 6.45) is 1.59. The van der Waals surface area contributed by atoms with E-state index in [2.05, 4.69) is 9.98 Å². The summed E-state index contributed by atoms with van der Waals surface area (Å²) in [5.41, 5.74) is 0.522. The van der Waals surface area contributed by atoms with Gasteiger partial charge in [0.25, 0.3) is 11.5 Å². The molecule has 0 aliphatic heterocycles. The third-order valence-corrected chi connectivity index (χ3v) is 5.32. The van der Waals surface area contributed by atoms with Gasteiger partial charge in [-0.15, -0.1) is 0 Å². The molecule has 0 N–H and O–H groups in total. The van der Waals surface area contributed by atoms with Crippen molar-refractivity contribution in [3.63, 3.8) is 0 Å². The molecule has 0 atom stereocenters. The van der Waals surface area contributed by atoms with E-state index in [0.717, 1.165) is 0 Å². The molecule has 0 aliphatic carbocycles. The maximum absolute atomic E-state index is 13.3. The van der Waals surface area contributed by atoms with E-state index in [1.165, 1.54) is 28.2 Å². The van der Waals surface area contributed by atoms with Crippen LogP contribution in [0.2, 0.25) is 5.02 Å². The number of ether oxygens (including phenoxy) is 2. The van der Waals surface area contributed by atoms with Crippen molar-refractivity contribution in [2.75, 3.05) is 20.3 Å². The Balaban J connectivity index is 2.11. The fourth-order valence-electron chi connectivity index (χ4n) is 3.53. The van der Waals surface area contributed by atoms with Crippen molar-refractivity contribution < 1.29 is 19.1 Å². The number of carbonyl (C=O) groups is 2. The highest BCUT2D eigenvalue weighted by atomic mass is 35.5. The number of esters is 1. The standard InChI is InChI=1S/C24H21ClN4O5/c1-3-34-24(32)18-14-17-20(26-19-9-4-5-10-28(19)23(17)31)29(11-12-33-2)21(18)27-22(30)15-7-6-8-16(25)13-15/h4-10,13-14H,3,11-12H2,1-2H3. The lowest BCUT2D eigenvalue weighted by atomic mass is 10.2. The van der Waals surface area contributed by atoms with Gasteiger partial charge in [0, 0.05) is 30.4 Å². The van der Waals surface area contributed by atoms with Crippen molar-refractivity contribution in [1.82, 2.24) is 14.0 Å². The van der Waals surface area contributed by atoms with E-state index in [4.69, 9.17) is 21.1 Å². The Morgan fingerprint density at radius 3 is 2.71 bits per heavy atom. The maximum Gasteiger partial charge on any atom is 0.341 e. The molecule has 0 saturated carbocycles. The molecule has 174 valence electrons. The van der Waals surface area contributed by atoms with Gasteiger partial charge in [-0.3, -0.25) is 14.0 Å². The normalized spacial score (nSPS) is 11.8.